The fourth-order valence-corrected chi connectivity index (χ4v) is 2.23. The fourth-order valence-electron chi connectivity index (χ4n) is 2.23. The Morgan fingerprint density at radius 3 is 3.00 bits per heavy atom. The summed E-state index contributed by atoms with van der Waals surface area (Å²) in [6.45, 7) is 3.37. The van der Waals surface area contributed by atoms with Gasteiger partial charge in [0.05, 0.1) is 19.8 Å². The van der Waals surface area contributed by atoms with Crippen molar-refractivity contribution in [3.05, 3.63) is 12.3 Å². The Labute approximate surface area is 88.4 Å². The molecule has 5 nitrogen and oxygen atoms in total. The quantitative estimate of drug-likeness (QED) is 0.741. The van der Waals surface area contributed by atoms with Gasteiger partial charge in [-0.2, -0.15) is 5.10 Å². The van der Waals surface area contributed by atoms with Crippen molar-refractivity contribution in [2.24, 2.45) is 0 Å². The van der Waals surface area contributed by atoms with Gasteiger partial charge in [-0.15, -0.1) is 0 Å². The van der Waals surface area contributed by atoms with Crippen LogP contribution in [0.5, 0.6) is 0 Å². The summed E-state index contributed by atoms with van der Waals surface area (Å²) in [4.78, 5) is 2.20. The van der Waals surface area contributed by atoms with Crippen molar-refractivity contribution in [1.29, 1.82) is 0 Å². The van der Waals surface area contributed by atoms with Gasteiger partial charge in [-0.1, -0.05) is 0 Å². The average Bonchev–Trinajstić information content (AvgIpc) is 2.88. The molecule has 0 saturated carbocycles. The predicted molar refractivity (Wildman–Crippen MR) is 54.7 cm³/mol. The molecule has 1 aromatic rings. The minimum absolute atomic E-state index is 0.364. The molecular formula is C10H15N3O2. The van der Waals surface area contributed by atoms with Crippen molar-refractivity contribution >= 4 is 5.82 Å². The molecule has 0 aromatic carbocycles. The van der Waals surface area contributed by atoms with Crippen LogP contribution in [0.15, 0.2) is 12.3 Å². The number of H-pyrrole nitrogens is 1. The van der Waals surface area contributed by atoms with E-state index in [2.05, 4.69) is 15.1 Å². The van der Waals surface area contributed by atoms with Gasteiger partial charge in [-0.25, -0.2) is 0 Å². The average molecular weight is 209 g/mol. The van der Waals surface area contributed by atoms with Gasteiger partial charge in [-0.3, -0.25) is 5.10 Å². The molecule has 1 aromatic heterocycles. The second-order valence-electron chi connectivity index (χ2n) is 4.07. The maximum atomic E-state index is 5.75. The predicted octanol–water partition coefficient (Wildman–Crippen LogP) is 0.753. The normalized spacial score (nSPS) is 24.9. The van der Waals surface area contributed by atoms with E-state index in [0.29, 0.717) is 0 Å². The first-order valence-electron chi connectivity index (χ1n) is 5.41. The molecule has 1 spiro atoms. The van der Waals surface area contributed by atoms with Crippen LogP contribution in [0.3, 0.4) is 0 Å². The van der Waals surface area contributed by atoms with Gasteiger partial charge in [-0.05, 0) is 6.42 Å². The smallest absolute Gasteiger partial charge is 0.187 e. The summed E-state index contributed by atoms with van der Waals surface area (Å²) in [7, 11) is 0. The minimum atomic E-state index is -0.364. The van der Waals surface area contributed by atoms with Crippen molar-refractivity contribution in [3.8, 4) is 0 Å². The maximum Gasteiger partial charge on any atom is 0.187 e. The van der Waals surface area contributed by atoms with Crippen LogP contribution >= 0.6 is 0 Å². The first-order chi connectivity index (χ1) is 7.38. The summed E-state index contributed by atoms with van der Waals surface area (Å²) in [5, 5.41) is 6.99. The van der Waals surface area contributed by atoms with Crippen LogP contribution in [-0.4, -0.2) is 42.3 Å². The van der Waals surface area contributed by atoms with Crippen molar-refractivity contribution in [2.75, 3.05) is 31.2 Å². The van der Waals surface area contributed by atoms with Gasteiger partial charge < -0.3 is 14.4 Å². The molecular weight excluding hydrogens is 194 g/mol. The SMILES string of the molecule is c1cc(N2CCC3(C2)OCCCO3)n[nH]1. The second kappa shape index (κ2) is 3.50. The zero-order valence-corrected chi connectivity index (χ0v) is 8.61. The highest BCUT2D eigenvalue weighted by atomic mass is 16.7. The van der Waals surface area contributed by atoms with Gasteiger partial charge in [0, 0.05) is 25.2 Å². The van der Waals surface area contributed by atoms with E-state index < -0.39 is 0 Å². The molecule has 15 heavy (non-hydrogen) atoms. The standard InChI is InChI=1S/C10H15N3O2/c1-6-14-10(15-7-1)3-5-13(8-10)9-2-4-11-12-9/h2,4H,1,3,5-8H2,(H,11,12). The summed E-state index contributed by atoms with van der Waals surface area (Å²) < 4.78 is 11.5. The molecule has 2 aliphatic heterocycles. The second-order valence-corrected chi connectivity index (χ2v) is 4.07. The zero-order valence-electron chi connectivity index (χ0n) is 8.61. The maximum absolute atomic E-state index is 5.75. The van der Waals surface area contributed by atoms with Gasteiger partial charge in [0.25, 0.3) is 0 Å². The summed E-state index contributed by atoms with van der Waals surface area (Å²) >= 11 is 0. The first-order valence-corrected chi connectivity index (χ1v) is 5.41. The van der Waals surface area contributed by atoms with Crippen LogP contribution < -0.4 is 4.90 Å². The third-order valence-corrected chi connectivity index (χ3v) is 3.02. The summed E-state index contributed by atoms with van der Waals surface area (Å²) in [5.74, 6) is 0.613. The number of rotatable bonds is 1. The van der Waals surface area contributed by atoms with E-state index in [1.807, 2.05) is 12.3 Å². The summed E-state index contributed by atoms with van der Waals surface area (Å²) in [6, 6.07) is 1.97. The number of nitrogens with zero attached hydrogens (tertiary/aromatic N) is 2. The van der Waals surface area contributed by atoms with Gasteiger partial charge >= 0.3 is 0 Å². The number of hydrogen-bond acceptors (Lipinski definition) is 4. The fraction of sp³-hybridized carbons (Fsp3) is 0.700. The first kappa shape index (κ1) is 9.18. The lowest BCUT2D eigenvalue weighted by Gasteiger charge is -2.33. The van der Waals surface area contributed by atoms with Crippen molar-refractivity contribution in [2.45, 2.75) is 18.6 Å². The Morgan fingerprint density at radius 1 is 1.40 bits per heavy atom. The van der Waals surface area contributed by atoms with Gasteiger partial charge in [0.1, 0.15) is 0 Å². The molecule has 2 saturated heterocycles. The van der Waals surface area contributed by atoms with Gasteiger partial charge in [0.2, 0.25) is 0 Å². The third-order valence-electron chi connectivity index (χ3n) is 3.02. The lowest BCUT2D eigenvalue weighted by atomic mass is 10.2. The molecule has 0 unspecified atom stereocenters. The number of anilines is 1. The zero-order chi connectivity index (χ0) is 10.1. The molecule has 3 rings (SSSR count). The Hall–Kier alpha value is -1.07. The lowest BCUT2D eigenvalue weighted by Crippen LogP contribution is -2.43. The van der Waals surface area contributed by atoms with E-state index in [-0.39, 0.29) is 5.79 Å². The molecule has 82 valence electrons. The number of nitrogens with one attached hydrogen (secondary N) is 1. The van der Waals surface area contributed by atoms with Crippen molar-refractivity contribution < 1.29 is 9.47 Å². The van der Waals surface area contributed by atoms with E-state index in [9.17, 15) is 0 Å². The van der Waals surface area contributed by atoms with Gasteiger partial charge in [0.15, 0.2) is 11.6 Å². The molecule has 0 amide bonds. The highest BCUT2D eigenvalue weighted by Gasteiger charge is 2.42. The third kappa shape index (κ3) is 1.61. The molecule has 0 aliphatic carbocycles. The van der Waals surface area contributed by atoms with Crippen LogP contribution in [0.25, 0.3) is 0 Å². The summed E-state index contributed by atoms with van der Waals surface area (Å²) in [6.07, 6.45) is 3.77. The molecule has 2 fully saturated rings. The molecule has 5 heteroatoms. The molecule has 3 heterocycles. The van der Waals surface area contributed by atoms with Crippen LogP contribution in [0.2, 0.25) is 0 Å². The topological polar surface area (TPSA) is 50.4 Å². The van der Waals surface area contributed by atoms with Crippen LogP contribution in [-0.2, 0) is 9.47 Å². The summed E-state index contributed by atoms with van der Waals surface area (Å²) in [5.41, 5.74) is 0. The van der Waals surface area contributed by atoms with E-state index in [1.54, 1.807) is 0 Å². The largest absolute Gasteiger partial charge is 0.350 e. The van der Waals surface area contributed by atoms with Crippen LogP contribution in [0.4, 0.5) is 5.82 Å². The van der Waals surface area contributed by atoms with E-state index in [0.717, 1.165) is 45.0 Å². The molecule has 2 aliphatic rings. The number of aromatic nitrogens is 2. The number of hydrogen-bond donors (Lipinski definition) is 1. The van der Waals surface area contributed by atoms with Crippen molar-refractivity contribution in [3.63, 3.8) is 0 Å². The number of ether oxygens (including phenoxy) is 2. The molecule has 0 bridgehead atoms. The minimum Gasteiger partial charge on any atom is -0.350 e. The molecule has 1 N–H and O–H groups in total. The Bertz CT molecular complexity index is 319. The molecule has 0 radical (unpaired) electrons. The van der Waals surface area contributed by atoms with E-state index in [4.69, 9.17) is 9.47 Å². The monoisotopic (exact) mass is 209 g/mol. The highest BCUT2D eigenvalue weighted by Crippen LogP contribution is 2.31. The van der Waals surface area contributed by atoms with Crippen LogP contribution in [0, 0.1) is 0 Å². The Morgan fingerprint density at radius 2 is 2.27 bits per heavy atom. The Kier molecular flexibility index (Phi) is 2.14. The van der Waals surface area contributed by atoms with E-state index in [1.165, 1.54) is 0 Å². The van der Waals surface area contributed by atoms with Crippen LogP contribution in [0.1, 0.15) is 12.8 Å². The number of aromatic amines is 1. The molecule has 0 atom stereocenters. The lowest BCUT2D eigenvalue weighted by molar-refractivity contribution is -0.252. The van der Waals surface area contributed by atoms with Crippen molar-refractivity contribution in [1.82, 2.24) is 10.2 Å². The van der Waals surface area contributed by atoms with E-state index >= 15 is 0 Å². The Balaban J connectivity index is 1.72. The highest BCUT2D eigenvalue weighted by molar-refractivity contribution is 5.38.